The van der Waals surface area contributed by atoms with E-state index in [4.69, 9.17) is 11.8 Å². The molecule has 0 saturated heterocycles. The Kier molecular flexibility index (Phi) is 3.50. The van der Waals surface area contributed by atoms with Crippen molar-refractivity contribution in [3.05, 3.63) is 0 Å². The van der Waals surface area contributed by atoms with Gasteiger partial charge in [-0.1, -0.05) is 19.8 Å². The molecule has 1 N–H and O–H groups in total. The van der Waals surface area contributed by atoms with Crippen molar-refractivity contribution in [3.63, 3.8) is 0 Å². The summed E-state index contributed by atoms with van der Waals surface area (Å²) in [7, 11) is 0. The van der Waals surface area contributed by atoms with Crippen molar-refractivity contribution < 1.29 is 0 Å². The Labute approximate surface area is 68.3 Å². The predicted molar refractivity (Wildman–Crippen MR) is 45.0 cm³/mol. The summed E-state index contributed by atoms with van der Waals surface area (Å²) >= 11 is 5.59. The number of hydrogen-bond donors (Lipinski definition) is 1. The lowest BCUT2D eigenvalue weighted by Gasteiger charge is -2.15. The van der Waals surface area contributed by atoms with Gasteiger partial charge in [0.1, 0.15) is 0 Å². The van der Waals surface area contributed by atoms with Crippen LogP contribution in [-0.2, 0) is 0 Å². The van der Waals surface area contributed by atoms with E-state index in [0.717, 1.165) is 5.92 Å². The molecule has 0 aromatic heterocycles. The zero-order valence-electron chi connectivity index (χ0n) is 6.57. The molecule has 1 nitrogen and oxygen atoms in total. The largest absolute Gasteiger partial charge is 0.230 e. The lowest BCUT2D eigenvalue weighted by molar-refractivity contribution is 0.422. The maximum Gasteiger partial charge on any atom is 0.0249 e. The minimum atomic E-state index is 0.599. The Balaban J connectivity index is 2.27. The third kappa shape index (κ3) is 1.86. The van der Waals surface area contributed by atoms with Crippen LogP contribution in [-0.4, -0.2) is 6.04 Å². The van der Waals surface area contributed by atoms with Gasteiger partial charge in [0.05, 0.1) is 0 Å². The van der Waals surface area contributed by atoms with E-state index in [1.165, 1.54) is 32.1 Å². The van der Waals surface area contributed by atoms with E-state index in [9.17, 15) is 0 Å². The molecule has 0 bridgehead atoms. The summed E-state index contributed by atoms with van der Waals surface area (Å²) in [6, 6.07) is 0.599. The average molecular weight is 162 g/mol. The summed E-state index contributed by atoms with van der Waals surface area (Å²) in [6.45, 7) is 2.24. The van der Waals surface area contributed by atoms with Gasteiger partial charge in [-0.15, -0.1) is 0 Å². The molecule has 1 saturated carbocycles. The smallest absolute Gasteiger partial charge is 0.0249 e. The zero-order valence-corrected chi connectivity index (χ0v) is 7.32. The van der Waals surface area contributed by atoms with Crippen LogP contribution < -0.4 is 4.84 Å². The van der Waals surface area contributed by atoms with Crippen LogP contribution in [0.25, 0.3) is 0 Å². The Morgan fingerprint density at radius 3 is 2.90 bits per heavy atom. The van der Waals surface area contributed by atoms with Crippen LogP contribution in [0.5, 0.6) is 0 Å². The third-order valence-corrected chi connectivity index (χ3v) is 2.74. The van der Waals surface area contributed by atoms with E-state index in [0.29, 0.717) is 6.04 Å². The average Bonchev–Trinajstić information content (AvgIpc) is 2.36. The fourth-order valence-corrected chi connectivity index (χ4v) is 2.18. The molecule has 1 rings (SSSR count). The first-order valence-electron chi connectivity index (χ1n) is 4.24. The second kappa shape index (κ2) is 4.20. The fourth-order valence-electron chi connectivity index (χ4n) is 1.90. The molecule has 2 atom stereocenters. The molecule has 0 amide bonds. The van der Waals surface area contributed by atoms with Gasteiger partial charge < -0.3 is 0 Å². The van der Waals surface area contributed by atoms with Gasteiger partial charge in [-0.3, -0.25) is 0 Å². The first kappa shape index (κ1) is 8.35. The van der Waals surface area contributed by atoms with Crippen molar-refractivity contribution in [2.75, 3.05) is 0 Å². The van der Waals surface area contributed by atoms with Gasteiger partial charge >= 0.3 is 0 Å². The maximum atomic E-state index is 5.59. The van der Waals surface area contributed by atoms with Crippen molar-refractivity contribution in [2.45, 2.75) is 45.1 Å². The third-order valence-electron chi connectivity index (χ3n) is 2.46. The summed E-state index contributed by atoms with van der Waals surface area (Å²) in [4.78, 5) is 2.87. The summed E-state index contributed by atoms with van der Waals surface area (Å²) in [5.41, 5.74) is 0. The minimum absolute atomic E-state index is 0.599. The van der Waals surface area contributed by atoms with Gasteiger partial charge in [0.25, 0.3) is 0 Å². The molecule has 60 valence electrons. The first-order valence-corrected chi connectivity index (χ1v) is 4.62. The molecule has 0 aromatic carbocycles. The molecular weight excluding hydrogens is 146 g/mol. The highest BCUT2D eigenvalue weighted by Crippen LogP contribution is 2.29. The van der Waals surface area contributed by atoms with Gasteiger partial charge in [0.2, 0.25) is 0 Å². The Morgan fingerprint density at radius 1 is 1.50 bits per heavy atom. The number of hydrogen-bond acceptors (Lipinski definition) is 1. The molecule has 0 radical (unpaired) electrons. The Hall–Kier alpha value is 0.250. The van der Waals surface area contributed by atoms with Crippen molar-refractivity contribution in [1.82, 2.24) is 4.84 Å². The molecule has 0 unspecified atom stereocenters. The van der Waals surface area contributed by atoms with Crippen LogP contribution in [0.4, 0.5) is 0 Å². The second-order valence-corrected chi connectivity index (χ2v) is 3.41. The number of rotatable bonds is 3. The van der Waals surface area contributed by atoms with Gasteiger partial charge in [-0.05, 0) is 37.0 Å². The van der Waals surface area contributed by atoms with Crippen LogP contribution in [0.2, 0.25) is 0 Å². The molecule has 0 spiro atoms. The molecule has 1 fully saturated rings. The van der Waals surface area contributed by atoms with Gasteiger partial charge in [-0.25, -0.2) is 4.84 Å². The second-order valence-electron chi connectivity index (χ2n) is 3.20. The van der Waals surface area contributed by atoms with Crippen molar-refractivity contribution in [3.8, 4) is 0 Å². The van der Waals surface area contributed by atoms with E-state index in [-0.39, 0.29) is 0 Å². The normalized spacial score (nSPS) is 33.0. The highest BCUT2D eigenvalue weighted by atomic mass is 35.5. The lowest BCUT2D eigenvalue weighted by atomic mass is 9.99. The Bertz CT molecular complexity index is 95.3. The summed E-state index contributed by atoms with van der Waals surface area (Å²) < 4.78 is 0. The van der Waals surface area contributed by atoms with Crippen LogP contribution >= 0.6 is 11.8 Å². The van der Waals surface area contributed by atoms with Crippen LogP contribution in [0.3, 0.4) is 0 Å². The molecule has 0 heterocycles. The lowest BCUT2D eigenvalue weighted by Crippen LogP contribution is -2.24. The molecule has 1 aliphatic rings. The van der Waals surface area contributed by atoms with Gasteiger partial charge in [-0.2, -0.15) is 0 Å². The summed E-state index contributed by atoms with van der Waals surface area (Å²) in [6.07, 6.45) is 6.63. The van der Waals surface area contributed by atoms with Gasteiger partial charge in [0.15, 0.2) is 0 Å². The molecule has 0 aliphatic heterocycles. The van der Waals surface area contributed by atoms with Crippen molar-refractivity contribution >= 4 is 11.8 Å². The monoisotopic (exact) mass is 161 g/mol. The topological polar surface area (TPSA) is 12.0 Å². The highest BCUT2D eigenvalue weighted by molar-refractivity contribution is 6.13. The van der Waals surface area contributed by atoms with E-state index in [1.807, 2.05) is 0 Å². The predicted octanol–water partition coefficient (Wildman–Crippen LogP) is 2.70. The van der Waals surface area contributed by atoms with Crippen LogP contribution in [0, 0.1) is 5.92 Å². The standard InChI is InChI=1S/C8H16ClN/c1-2-4-7-5-3-6-8(7)10-9/h7-8,10H,2-6H2,1H3/t7-,8-/m1/s1. The minimum Gasteiger partial charge on any atom is -0.230 e. The summed E-state index contributed by atoms with van der Waals surface area (Å²) in [5.74, 6) is 0.850. The molecule has 2 heteroatoms. The van der Waals surface area contributed by atoms with E-state index in [2.05, 4.69) is 11.8 Å². The van der Waals surface area contributed by atoms with E-state index in [1.54, 1.807) is 0 Å². The SMILES string of the molecule is CCC[C@@H]1CCC[C@H]1NCl. The van der Waals surface area contributed by atoms with Crippen molar-refractivity contribution in [2.24, 2.45) is 5.92 Å². The molecule has 10 heavy (non-hydrogen) atoms. The van der Waals surface area contributed by atoms with Gasteiger partial charge in [0, 0.05) is 6.04 Å². The van der Waals surface area contributed by atoms with Crippen LogP contribution in [0.15, 0.2) is 0 Å². The molecule has 1 aliphatic carbocycles. The zero-order chi connectivity index (χ0) is 7.40. The van der Waals surface area contributed by atoms with E-state index >= 15 is 0 Å². The fraction of sp³-hybridized carbons (Fsp3) is 1.00. The number of nitrogens with one attached hydrogen (secondary N) is 1. The quantitative estimate of drug-likeness (QED) is 0.628. The summed E-state index contributed by atoms with van der Waals surface area (Å²) in [5, 5.41) is 0. The van der Waals surface area contributed by atoms with E-state index < -0.39 is 0 Å². The number of halogens is 1. The Morgan fingerprint density at radius 2 is 2.30 bits per heavy atom. The van der Waals surface area contributed by atoms with Crippen molar-refractivity contribution in [1.29, 1.82) is 0 Å². The first-order chi connectivity index (χ1) is 4.88. The maximum absolute atomic E-state index is 5.59. The molecule has 0 aromatic rings. The molecular formula is C8H16ClN. The van der Waals surface area contributed by atoms with Crippen LogP contribution in [0.1, 0.15) is 39.0 Å². The highest BCUT2D eigenvalue weighted by Gasteiger charge is 2.25.